The number of hydrogen-bond acceptors (Lipinski definition) is 4. The summed E-state index contributed by atoms with van der Waals surface area (Å²) in [6.07, 6.45) is -3.71. The highest BCUT2D eigenvalue weighted by Gasteiger charge is 2.43. The number of alkyl halides is 2. The van der Waals surface area contributed by atoms with Gasteiger partial charge in [-0.2, -0.15) is 0 Å². The third-order valence-electron chi connectivity index (χ3n) is 2.28. The van der Waals surface area contributed by atoms with Gasteiger partial charge in [-0.3, -0.25) is 4.72 Å². The van der Waals surface area contributed by atoms with Gasteiger partial charge in [0.2, 0.25) is 10.0 Å². The highest BCUT2D eigenvalue weighted by molar-refractivity contribution is 7.93. The van der Waals surface area contributed by atoms with E-state index in [4.69, 9.17) is 0 Å². The number of hydrogen-bond donors (Lipinski definition) is 1. The minimum atomic E-state index is -3.71. The van der Waals surface area contributed by atoms with E-state index in [-0.39, 0.29) is 17.2 Å². The quantitative estimate of drug-likeness (QED) is 0.920. The molecule has 1 aliphatic heterocycles. The largest absolute Gasteiger partial charge is 0.586 e. The van der Waals surface area contributed by atoms with Crippen LogP contribution in [0.3, 0.4) is 0 Å². The fraction of sp³-hybridized carbons (Fsp3) is 0.400. The van der Waals surface area contributed by atoms with Gasteiger partial charge in [-0.1, -0.05) is 0 Å². The lowest BCUT2D eigenvalue weighted by atomic mass is 10.3. The lowest BCUT2D eigenvalue weighted by molar-refractivity contribution is -0.286. The van der Waals surface area contributed by atoms with Crippen molar-refractivity contribution in [2.45, 2.75) is 25.4 Å². The van der Waals surface area contributed by atoms with E-state index in [1.165, 1.54) is 26.0 Å². The van der Waals surface area contributed by atoms with E-state index in [0.29, 0.717) is 0 Å². The molecule has 0 amide bonds. The molecule has 0 unspecified atom stereocenters. The van der Waals surface area contributed by atoms with E-state index in [1.54, 1.807) is 0 Å². The van der Waals surface area contributed by atoms with Gasteiger partial charge in [-0.15, -0.1) is 8.78 Å². The molecule has 0 atom stereocenters. The Labute approximate surface area is 103 Å². The van der Waals surface area contributed by atoms with Gasteiger partial charge in [0.15, 0.2) is 11.5 Å². The van der Waals surface area contributed by atoms with Crippen LogP contribution in [-0.4, -0.2) is 20.0 Å². The molecule has 2 rings (SSSR count). The fourth-order valence-corrected chi connectivity index (χ4v) is 1.99. The highest BCUT2D eigenvalue weighted by Crippen LogP contribution is 2.42. The van der Waals surface area contributed by atoms with Gasteiger partial charge < -0.3 is 9.47 Å². The van der Waals surface area contributed by atoms with Crippen molar-refractivity contribution >= 4 is 15.7 Å². The molecule has 100 valence electrons. The van der Waals surface area contributed by atoms with Crippen molar-refractivity contribution in [3.05, 3.63) is 18.2 Å². The average molecular weight is 279 g/mol. The zero-order valence-electron chi connectivity index (χ0n) is 9.61. The topological polar surface area (TPSA) is 64.6 Å². The van der Waals surface area contributed by atoms with Crippen molar-refractivity contribution < 1.29 is 26.7 Å². The van der Waals surface area contributed by atoms with Crippen LogP contribution in [0.15, 0.2) is 18.2 Å². The molecule has 1 aromatic carbocycles. The van der Waals surface area contributed by atoms with Crippen LogP contribution in [0.4, 0.5) is 14.5 Å². The van der Waals surface area contributed by atoms with Gasteiger partial charge in [-0.05, 0) is 26.0 Å². The predicted octanol–water partition coefficient (Wildman–Crippen LogP) is 2.16. The Bertz CT molecular complexity index is 571. The first-order valence-electron chi connectivity index (χ1n) is 5.11. The third kappa shape index (κ3) is 2.47. The Hall–Kier alpha value is -1.57. The van der Waals surface area contributed by atoms with Crippen LogP contribution in [0.5, 0.6) is 11.5 Å². The summed E-state index contributed by atoms with van der Waals surface area (Å²) < 4.78 is 59.4. The second-order valence-electron chi connectivity index (χ2n) is 4.02. The lowest BCUT2D eigenvalue weighted by Crippen LogP contribution is -2.26. The molecule has 0 radical (unpaired) electrons. The standard InChI is InChI=1S/C10H11F2NO4S/c1-6(2)18(14,15)13-7-3-4-8-9(5-7)17-10(11,12)16-8/h3-6,13H,1-2H3. The van der Waals surface area contributed by atoms with E-state index >= 15 is 0 Å². The van der Waals surface area contributed by atoms with Gasteiger partial charge in [0, 0.05) is 6.07 Å². The summed E-state index contributed by atoms with van der Waals surface area (Å²) in [5.41, 5.74) is 0.142. The number of benzene rings is 1. The van der Waals surface area contributed by atoms with Crippen molar-refractivity contribution in [3.63, 3.8) is 0 Å². The van der Waals surface area contributed by atoms with E-state index in [9.17, 15) is 17.2 Å². The summed E-state index contributed by atoms with van der Waals surface area (Å²) in [6.45, 7) is 3.01. The van der Waals surface area contributed by atoms with Gasteiger partial charge in [-0.25, -0.2) is 8.42 Å². The molecule has 5 nitrogen and oxygen atoms in total. The van der Waals surface area contributed by atoms with E-state index < -0.39 is 21.6 Å². The molecule has 1 aliphatic rings. The van der Waals surface area contributed by atoms with Crippen LogP contribution in [0, 0.1) is 0 Å². The molecule has 0 aliphatic carbocycles. The van der Waals surface area contributed by atoms with Crippen LogP contribution in [0.2, 0.25) is 0 Å². The van der Waals surface area contributed by atoms with Crippen LogP contribution >= 0.6 is 0 Å². The highest BCUT2D eigenvalue weighted by atomic mass is 32.2. The molecule has 8 heteroatoms. The van der Waals surface area contributed by atoms with Gasteiger partial charge in [0.05, 0.1) is 10.9 Å². The summed E-state index contributed by atoms with van der Waals surface area (Å²) in [5.74, 6) is -0.337. The maximum atomic E-state index is 12.8. The minimum Gasteiger partial charge on any atom is -0.395 e. The van der Waals surface area contributed by atoms with E-state index in [0.717, 1.165) is 6.07 Å². The van der Waals surface area contributed by atoms with E-state index in [1.807, 2.05) is 0 Å². The summed E-state index contributed by atoms with van der Waals surface area (Å²) in [6, 6.07) is 3.69. The molecule has 0 spiro atoms. The monoisotopic (exact) mass is 279 g/mol. The summed E-state index contributed by atoms with van der Waals surface area (Å²) in [7, 11) is -3.53. The second-order valence-corrected chi connectivity index (χ2v) is 6.26. The molecule has 0 saturated heterocycles. The lowest BCUT2D eigenvalue weighted by Gasteiger charge is -2.10. The summed E-state index contributed by atoms with van der Waals surface area (Å²) in [5, 5.41) is -0.635. The molecule has 18 heavy (non-hydrogen) atoms. The molecule has 1 heterocycles. The maximum Gasteiger partial charge on any atom is 0.586 e. The first-order chi connectivity index (χ1) is 8.20. The summed E-state index contributed by atoms with van der Waals surface area (Å²) >= 11 is 0. The Morgan fingerprint density at radius 2 is 1.83 bits per heavy atom. The Balaban J connectivity index is 2.25. The second kappa shape index (κ2) is 3.98. The number of ether oxygens (including phenoxy) is 2. The SMILES string of the molecule is CC(C)S(=O)(=O)Nc1ccc2c(c1)OC(F)(F)O2. The number of nitrogens with one attached hydrogen (secondary N) is 1. The van der Waals surface area contributed by atoms with Crippen LogP contribution < -0.4 is 14.2 Å². The molecule has 0 fully saturated rings. The fourth-order valence-electron chi connectivity index (χ4n) is 1.29. The number of fused-ring (bicyclic) bond motifs is 1. The van der Waals surface area contributed by atoms with Crippen LogP contribution in [0.25, 0.3) is 0 Å². The molecular formula is C10H11F2NO4S. The minimum absolute atomic E-state index is 0.132. The van der Waals surface area contributed by atoms with Crippen molar-refractivity contribution in [2.24, 2.45) is 0 Å². The smallest absolute Gasteiger partial charge is 0.395 e. The molecule has 1 aromatic rings. The number of halogens is 2. The average Bonchev–Trinajstić information content (AvgIpc) is 2.50. The van der Waals surface area contributed by atoms with Crippen molar-refractivity contribution in [2.75, 3.05) is 4.72 Å². The van der Waals surface area contributed by atoms with Gasteiger partial charge in [0.1, 0.15) is 0 Å². The maximum absolute atomic E-state index is 12.8. The first kappa shape index (κ1) is 12.9. The molecule has 0 aromatic heterocycles. The first-order valence-corrected chi connectivity index (χ1v) is 6.66. The Kier molecular flexibility index (Phi) is 2.84. The van der Waals surface area contributed by atoms with Crippen molar-refractivity contribution in [1.82, 2.24) is 0 Å². The van der Waals surface area contributed by atoms with Crippen molar-refractivity contribution in [3.8, 4) is 11.5 Å². The molecular weight excluding hydrogens is 268 g/mol. The predicted molar refractivity (Wildman–Crippen MR) is 60.3 cm³/mol. The normalized spacial score (nSPS) is 16.9. The van der Waals surface area contributed by atoms with Gasteiger partial charge >= 0.3 is 6.29 Å². The Morgan fingerprint density at radius 1 is 1.22 bits per heavy atom. The molecule has 0 saturated carbocycles. The zero-order chi connectivity index (χ0) is 13.6. The number of sulfonamides is 1. The van der Waals surface area contributed by atoms with Crippen molar-refractivity contribution in [1.29, 1.82) is 0 Å². The van der Waals surface area contributed by atoms with E-state index in [2.05, 4.69) is 14.2 Å². The molecule has 0 bridgehead atoms. The number of rotatable bonds is 3. The molecule has 1 N–H and O–H groups in total. The van der Waals surface area contributed by atoms with Crippen LogP contribution in [0.1, 0.15) is 13.8 Å². The van der Waals surface area contributed by atoms with Crippen LogP contribution in [-0.2, 0) is 10.0 Å². The zero-order valence-corrected chi connectivity index (χ0v) is 10.4. The van der Waals surface area contributed by atoms with Gasteiger partial charge in [0.25, 0.3) is 0 Å². The third-order valence-corrected chi connectivity index (χ3v) is 4.04. The summed E-state index contributed by atoms with van der Waals surface area (Å²) in [4.78, 5) is 0. The number of anilines is 1. The Morgan fingerprint density at radius 3 is 2.44 bits per heavy atom.